The van der Waals surface area contributed by atoms with Gasteiger partial charge in [0.05, 0.1) is 11.8 Å². The van der Waals surface area contributed by atoms with E-state index in [4.69, 9.17) is 10.5 Å². The van der Waals surface area contributed by atoms with Gasteiger partial charge in [-0.3, -0.25) is 0 Å². The molecule has 0 aliphatic heterocycles. The third-order valence-corrected chi connectivity index (χ3v) is 3.67. The summed E-state index contributed by atoms with van der Waals surface area (Å²) >= 11 is 5.08. The molecule has 4 heteroatoms. The van der Waals surface area contributed by atoms with Crippen LogP contribution in [0.5, 0.6) is 5.75 Å². The van der Waals surface area contributed by atoms with Gasteiger partial charge in [0.25, 0.3) is 0 Å². The van der Waals surface area contributed by atoms with Crippen LogP contribution < -0.4 is 10.5 Å². The first-order valence-electron chi connectivity index (χ1n) is 4.16. The van der Waals surface area contributed by atoms with Crippen LogP contribution in [0, 0.1) is 0 Å². The van der Waals surface area contributed by atoms with Gasteiger partial charge in [-0.2, -0.15) is 0 Å². The first-order chi connectivity index (χ1) is 6.77. The SMILES string of the molecule is COc1c(CBr)cc(N)c2ccsc12. The van der Waals surface area contributed by atoms with Crippen LogP contribution in [0.4, 0.5) is 5.69 Å². The van der Waals surface area contributed by atoms with E-state index >= 15 is 0 Å². The third-order valence-electron chi connectivity index (χ3n) is 2.15. The highest BCUT2D eigenvalue weighted by molar-refractivity contribution is 9.08. The Morgan fingerprint density at radius 2 is 2.36 bits per heavy atom. The summed E-state index contributed by atoms with van der Waals surface area (Å²) in [4.78, 5) is 0. The van der Waals surface area contributed by atoms with Crippen molar-refractivity contribution in [1.29, 1.82) is 0 Å². The van der Waals surface area contributed by atoms with E-state index in [-0.39, 0.29) is 0 Å². The monoisotopic (exact) mass is 271 g/mol. The van der Waals surface area contributed by atoms with E-state index in [0.717, 1.165) is 32.4 Å². The van der Waals surface area contributed by atoms with Crippen LogP contribution in [0.1, 0.15) is 5.56 Å². The van der Waals surface area contributed by atoms with Crippen molar-refractivity contribution in [2.24, 2.45) is 0 Å². The largest absolute Gasteiger partial charge is 0.495 e. The molecule has 14 heavy (non-hydrogen) atoms. The molecule has 1 aromatic carbocycles. The maximum atomic E-state index is 5.93. The summed E-state index contributed by atoms with van der Waals surface area (Å²) in [5.74, 6) is 0.932. The van der Waals surface area contributed by atoms with Crippen molar-refractivity contribution < 1.29 is 4.74 Å². The van der Waals surface area contributed by atoms with E-state index in [1.807, 2.05) is 17.5 Å². The second kappa shape index (κ2) is 3.79. The minimum atomic E-state index is 0.758. The first kappa shape index (κ1) is 9.80. The van der Waals surface area contributed by atoms with Crippen LogP contribution in [-0.4, -0.2) is 7.11 Å². The van der Waals surface area contributed by atoms with E-state index in [1.165, 1.54) is 0 Å². The van der Waals surface area contributed by atoms with E-state index in [9.17, 15) is 0 Å². The predicted molar refractivity (Wildman–Crippen MR) is 65.4 cm³/mol. The molecule has 0 radical (unpaired) electrons. The van der Waals surface area contributed by atoms with Gasteiger partial charge in [-0.05, 0) is 17.5 Å². The molecule has 2 N–H and O–H groups in total. The molecular formula is C10H10BrNOS. The maximum Gasteiger partial charge on any atom is 0.140 e. The lowest BCUT2D eigenvalue weighted by Crippen LogP contribution is -1.93. The number of nitrogen functional groups attached to an aromatic ring is 1. The summed E-state index contributed by atoms with van der Waals surface area (Å²) < 4.78 is 6.51. The highest BCUT2D eigenvalue weighted by Crippen LogP contribution is 2.38. The standard InChI is InChI=1S/C10H10BrNOS/c1-13-9-6(5-11)4-8(12)7-2-3-14-10(7)9/h2-4H,5,12H2,1H3. The van der Waals surface area contributed by atoms with Gasteiger partial charge in [0.2, 0.25) is 0 Å². The Hall–Kier alpha value is -0.740. The molecule has 1 aromatic heterocycles. The summed E-state index contributed by atoms with van der Waals surface area (Å²) in [6.07, 6.45) is 0. The quantitative estimate of drug-likeness (QED) is 0.671. The molecule has 0 aliphatic rings. The van der Waals surface area contributed by atoms with Gasteiger partial charge in [0, 0.05) is 22.0 Å². The Morgan fingerprint density at radius 1 is 1.57 bits per heavy atom. The molecule has 0 saturated carbocycles. The number of fused-ring (bicyclic) bond motifs is 1. The van der Waals surface area contributed by atoms with Crippen LogP contribution in [0.25, 0.3) is 10.1 Å². The molecular weight excluding hydrogens is 262 g/mol. The second-order valence-corrected chi connectivity index (χ2v) is 4.43. The van der Waals surface area contributed by atoms with E-state index in [0.29, 0.717) is 0 Å². The number of nitrogens with two attached hydrogens (primary N) is 1. The Balaban J connectivity index is 2.82. The molecule has 0 amide bonds. The van der Waals surface area contributed by atoms with Crippen molar-refractivity contribution >= 4 is 43.0 Å². The number of halogens is 1. The Labute approximate surface area is 94.8 Å². The molecule has 0 aliphatic carbocycles. The smallest absolute Gasteiger partial charge is 0.140 e. The lowest BCUT2D eigenvalue weighted by atomic mass is 10.1. The zero-order valence-corrected chi connectivity index (χ0v) is 10.1. The van der Waals surface area contributed by atoms with Crippen LogP contribution in [0.2, 0.25) is 0 Å². The van der Waals surface area contributed by atoms with E-state index in [1.54, 1.807) is 18.4 Å². The van der Waals surface area contributed by atoms with Gasteiger partial charge in [0.15, 0.2) is 0 Å². The van der Waals surface area contributed by atoms with Gasteiger partial charge in [0.1, 0.15) is 5.75 Å². The van der Waals surface area contributed by atoms with Gasteiger partial charge < -0.3 is 10.5 Å². The van der Waals surface area contributed by atoms with Crippen LogP contribution >= 0.6 is 27.3 Å². The highest BCUT2D eigenvalue weighted by atomic mass is 79.9. The van der Waals surface area contributed by atoms with Crippen molar-refractivity contribution in [3.63, 3.8) is 0 Å². The molecule has 74 valence electrons. The van der Waals surface area contributed by atoms with Gasteiger partial charge in [-0.15, -0.1) is 11.3 Å². The average Bonchev–Trinajstić information content (AvgIpc) is 2.66. The number of hydrogen-bond acceptors (Lipinski definition) is 3. The fourth-order valence-corrected chi connectivity index (χ4v) is 2.90. The molecule has 0 bridgehead atoms. The minimum absolute atomic E-state index is 0.758. The summed E-state index contributed by atoms with van der Waals surface area (Å²) in [6.45, 7) is 0. The number of methoxy groups -OCH3 is 1. The topological polar surface area (TPSA) is 35.2 Å². The second-order valence-electron chi connectivity index (χ2n) is 2.96. The molecule has 0 spiro atoms. The number of benzene rings is 1. The number of thiophene rings is 1. The van der Waals surface area contributed by atoms with Crippen molar-refractivity contribution in [2.45, 2.75) is 5.33 Å². The number of hydrogen-bond donors (Lipinski definition) is 1. The number of rotatable bonds is 2. The summed E-state index contributed by atoms with van der Waals surface area (Å²) in [6, 6.07) is 3.98. The number of ether oxygens (including phenoxy) is 1. The molecule has 0 atom stereocenters. The summed E-state index contributed by atoms with van der Waals surface area (Å²) in [5, 5.41) is 3.87. The van der Waals surface area contributed by atoms with Gasteiger partial charge in [-0.1, -0.05) is 15.9 Å². The maximum absolute atomic E-state index is 5.93. The fraction of sp³-hybridized carbons (Fsp3) is 0.200. The Kier molecular flexibility index (Phi) is 2.65. The fourth-order valence-electron chi connectivity index (χ4n) is 1.51. The molecule has 2 nitrogen and oxygen atoms in total. The zero-order chi connectivity index (χ0) is 10.1. The number of anilines is 1. The molecule has 2 aromatic rings. The minimum Gasteiger partial charge on any atom is -0.495 e. The van der Waals surface area contributed by atoms with Crippen molar-refractivity contribution in [3.8, 4) is 5.75 Å². The van der Waals surface area contributed by atoms with Crippen LogP contribution in [0.3, 0.4) is 0 Å². The molecule has 0 fully saturated rings. The molecule has 1 heterocycles. The van der Waals surface area contributed by atoms with Crippen LogP contribution in [-0.2, 0) is 5.33 Å². The van der Waals surface area contributed by atoms with E-state index < -0.39 is 0 Å². The third kappa shape index (κ3) is 1.38. The van der Waals surface area contributed by atoms with Gasteiger partial charge in [-0.25, -0.2) is 0 Å². The van der Waals surface area contributed by atoms with Gasteiger partial charge >= 0.3 is 0 Å². The van der Waals surface area contributed by atoms with Crippen molar-refractivity contribution in [3.05, 3.63) is 23.1 Å². The Morgan fingerprint density at radius 3 is 3.00 bits per heavy atom. The molecule has 0 unspecified atom stereocenters. The Bertz CT molecular complexity index is 466. The normalized spacial score (nSPS) is 10.7. The van der Waals surface area contributed by atoms with Crippen molar-refractivity contribution in [1.82, 2.24) is 0 Å². The highest BCUT2D eigenvalue weighted by Gasteiger charge is 2.11. The average molecular weight is 272 g/mol. The lowest BCUT2D eigenvalue weighted by Gasteiger charge is -2.08. The van der Waals surface area contributed by atoms with Crippen molar-refractivity contribution in [2.75, 3.05) is 12.8 Å². The zero-order valence-electron chi connectivity index (χ0n) is 7.71. The summed E-state index contributed by atoms with van der Waals surface area (Å²) in [5.41, 5.74) is 7.84. The number of alkyl halides is 1. The first-order valence-corrected chi connectivity index (χ1v) is 6.16. The molecule has 0 saturated heterocycles. The van der Waals surface area contributed by atoms with Crippen LogP contribution in [0.15, 0.2) is 17.5 Å². The molecule has 2 rings (SSSR count). The predicted octanol–water partition coefficient (Wildman–Crippen LogP) is 3.39. The lowest BCUT2D eigenvalue weighted by molar-refractivity contribution is 0.417. The van der Waals surface area contributed by atoms with E-state index in [2.05, 4.69) is 15.9 Å². The summed E-state index contributed by atoms with van der Waals surface area (Å²) in [7, 11) is 1.69.